The average Bonchev–Trinajstić information content (AvgIpc) is 2.91. The van der Waals surface area contributed by atoms with Gasteiger partial charge in [-0.3, -0.25) is 29.4 Å². The third kappa shape index (κ3) is 4.06. The van der Waals surface area contributed by atoms with E-state index in [2.05, 4.69) is 5.32 Å². The highest BCUT2D eigenvalue weighted by molar-refractivity contribution is 6.22. The van der Waals surface area contributed by atoms with Gasteiger partial charge in [-0.2, -0.15) is 0 Å². The number of hydrogen-bond acceptors (Lipinski definition) is 5. The van der Waals surface area contributed by atoms with E-state index < -0.39 is 29.2 Å². The number of carbonyl (C=O) groups is 3. The van der Waals surface area contributed by atoms with Crippen molar-refractivity contribution in [2.75, 3.05) is 6.54 Å². The molecule has 1 aliphatic rings. The Kier molecular flexibility index (Phi) is 5.49. The topological polar surface area (TPSA) is 110 Å². The number of nitrogens with one attached hydrogen (secondary N) is 1. The molecule has 3 rings (SSSR count). The zero-order valence-corrected chi connectivity index (χ0v) is 15.3. The Morgan fingerprint density at radius 2 is 1.79 bits per heavy atom. The van der Waals surface area contributed by atoms with Crippen molar-refractivity contribution >= 4 is 23.4 Å². The van der Waals surface area contributed by atoms with Crippen molar-refractivity contribution in [2.24, 2.45) is 0 Å². The van der Waals surface area contributed by atoms with Crippen LogP contribution in [-0.2, 0) is 11.2 Å². The van der Waals surface area contributed by atoms with Gasteiger partial charge in [-0.05, 0) is 31.4 Å². The SMILES string of the molecule is CC(CCc1ccccc1)NC(=O)CN1C(=O)c2ccc([N+](=O)[O-])cc2C1=O. The van der Waals surface area contributed by atoms with Crippen molar-refractivity contribution in [3.63, 3.8) is 0 Å². The molecule has 8 heteroatoms. The number of nitro groups is 1. The molecule has 0 saturated carbocycles. The quantitative estimate of drug-likeness (QED) is 0.450. The number of hydrogen-bond donors (Lipinski definition) is 1. The number of carbonyl (C=O) groups excluding carboxylic acids is 3. The number of benzene rings is 2. The maximum absolute atomic E-state index is 12.4. The fourth-order valence-electron chi connectivity index (χ4n) is 3.10. The molecule has 1 atom stereocenters. The summed E-state index contributed by atoms with van der Waals surface area (Å²) in [4.78, 5) is 48.1. The first-order valence-corrected chi connectivity index (χ1v) is 8.84. The van der Waals surface area contributed by atoms with Crippen LogP contribution < -0.4 is 5.32 Å². The second kappa shape index (κ2) is 7.99. The summed E-state index contributed by atoms with van der Waals surface area (Å²) in [7, 11) is 0. The summed E-state index contributed by atoms with van der Waals surface area (Å²) in [5.74, 6) is -1.78. The first kappa shape index (κ1) is 19.2. The van der Waals surface area contributed by atoms with Crippen LogP contribution in [0.1, 0.15) is 39.6 Å². The van der Waals surface area contributed by atoms with Crippen molar-refractivity contribution < 1.29 is 19.3 Å². The second-order valence-electron chi connectivity index (χ2n) is 6.68. The van der Waals surface area contributed by atoms with Gasteiger partial charge in [-0.1, -0.05) is 30.3 Å². The van der Waals surface area contributed by atoms with Gasteiger partial charge >= 0.3 is 0 Å². The number of nitro benzene ring substituents is 1. The monoisotopic (exact) mass is 381 g/mol. The zero-order valence-electron chi connectivity index (χ0n) is 15.3. The molecule has 3 amide bonds. The van der Waals surface area contributed by atoms with E-state index in [1.165, 1.54) is 12.1 Å². The minimum atomic E-state index is -0.698. The molecule has 0 saturated heterocycles. The third-order valence-corrected chi connectivity index (χ3v) is 4.58. The van der Waals surface area contributed by atoms with Crippen molar-refractivity contribution in [3.8, 4) is 0 Å². The van der Waals surface area contributed by atoms with Gasteiger partial charge in [-0.15, -0.1) is 0 Å². The van der Waals surface area contributed by atoms with E-state index >= 15 is 0 Å². The van der Waals surface area contributed by atoms with Crippen LogP contribution in [-0.4, -0.2) is 40.1 Å². The first-order chi connectivity index (χ1) is 13.4. The molecule has 0 bridgehead atoms. The van der Waals surface area contributed by atoms with Crippen LogP contribution in [0.25, 0.3) is 0 Å². The highest BCUT2D eigenvalue weighted by atomic mass is 16.6. The number of non-ortho nitro benzene ring substituents is 1. The molecule has 8 nitrogen and oxygen atoms in total. The van der Waals surface area contributed by atoms with E-state index in [1.807, 2.05) is 37.3 Å². The number of amides is 3. The van der Waals surface area contributed by atoms with Gasteiger partial charge in [0, 0.05) is 18.2 Å². The van der Waals surface area contributed by atoms with Crippen LogP contribution >= 0.6 is 0 Å². The van der Waals surface area contributed by atoms with Crippen molar-refractivity contribution in [3.05, 3.63) is 75.3 Å². The van der Waals surface area contributed by atoms with E-state index in [-0.39, 0.29) is 22.9 Å². The molecular formula is C20H19N3O5. The number of imide groups is 1. The van der Waals surface area contributed by atoms with Crippen molar-refractivity contribution in [2.45, 2.75) is 25.8 Å². The Morgan fingerprint density at radius 3 is 2.46 bits per heavy atom. The van der Waals surface area contributed by atoms with Crippen LogP contribution in [0.4, 0.5) is 5.69 Å². The molecule has 0 spiro atoms. The van der Waals surface area contributed by atoms with Crippen LogP contribution in [0, 0.1) is 10.1 Å². The fourth-order valence-corrected chi connectivity index (χ4v) is 3.10. The van der Waals surface area contributed by atoms with Crippen molar-refractivity contribution in [1.29, 1.82) is 0 Å². The highest BCUT2D eigenvalue weighted by Crippen LogP contribution is 2.26. The molecule has 28 heavy (non-hydrogen) atoms. The largest absolute Gasteiger partial charge is 0.352 e. The molecule has 1 N–H and O–H groups in total. The maximum atomic E-state index is 12.4. The van der Waals surface area contributed by atoms with E-state index in [9.17, 15) is 24.5 Å². The van der Waals surface area contributed by atoms with Gasteiger partial charge in [0.15, 0.2) is 0 Å². The standard InChI is InChI=1S/C20H19N3O5/c1-13(7-8-14-5-3-2-4-6-14)21-18(24)12-22-19(25)16-10-9-15(23(27)28)11-17(16)20(22)26/h2-6,9-11,13H,7-8,12H2,1H3,(H,21,24). The molecule has 144 valence electrons. The summed E-state index contributed by atoms with van der Waals surface area (Å²) in [6.07, 6.45) is 1.50. The van der Waals surface area contributed by atoms with Gasteiger partial charge in [-0.25, -0.2) is 0 Å². The number of aryl methyl sites for hydroxylation is 1. The summed E-state index contributed by atoms with van der Waals surface area (Å²) in [6, 6.07) is 13.2. The van der Waals surface area contributed by atoms with E-state index in [4.69, 9.17) is 0 Å². The smallest absolute Gasteiger partial charge is 0.270 e. The predicted molar refractivity (Wildman–Crippen MR) is 101 cm³/mol. The summed E-state index contributed by atoms with van der Waals surface area (Å²) in [5, 5.41) is 13.6. The normalized spacial score (nSPS) is 14.0. The Bertz CT molecular complexity index is 942. The zero-order chi connectivity index (χ0) is 20.3. The van der Waals surface area contributed by atoms with Crippen LogP contribution in [0.15, 0.2) is 48.5 Å². The second-order valence-corrected chi connectivity index (χ2v) is 6.68. The van der Waals surface area contributed by atoms with Gasteiger partial charge in [0.05, 0.1) is 16.1 Å². The van der Waals surface area contributed by atoms with E-state index in [1.54, 1.807) is 0 Å². The fraction of sp³-hybridized carbons (Fsp3) is 0.250. The minimum Gasteiger partial charge on any atom is -0.352 e. The number of fused-ring (bicyclic) bond motifs is 1. The van der Waals surface area contributed by atoms with Gasteiger partial charge in [0.1, 0.15) is 6.54 Å². The molecule has 1 heterocycles. The van der Waals surface area contributed by atoms with Gasteiger partial charge in [0.25, 0.3) is 17.5 Å². The highest BCUT2D eigenvalue weighted by Gasteiger charge is 2.37. The van der Waals surface area contributed by atoms with Crippen LogP contribution in [0.2, 0.25) is 0 Å². The molecule has 0 aromatic heterocycles. The Balaban J connectivity index is 1.58. The first-order valence-electron chi connectivity index (χ1n) is 8.84. The van der Waals surface area contributed by atoms with Gasteiger partial charge < -0.3 is 5.32 Å². The van der Waals surface area contributed by atoms with Gasteiger partial charge in [0.2, 0.25) is 5.91 Å². The molecule has 1 unspecified atom stereocenters. The summed E-state index contributed by atoms with van der Waals surface area (Å²) < 4.78 is 0. The molecule has 2 aromatic carbocycles. The lowest BCUT2D eigenvalue weighted by Gasteiger charge is -2.17. The lowest BCUT2D eigenvalue weighted by molar-refractivity contribution is -0.384. The summed E-state index contributed by atoms with van der Waals surface area (Å²) in [5.41, 5.74) is 0.899. The number of rotatable bonds is 7. The molecule has 0 aliphatic carbocycles. The maximum Gasteiger partial charge on any atom is 0.270 e. The van der Waals surface area contributed by atoms with E-state index in [0.29, 0.717) is 6.42 Å². The average molecular weight is 381 g/mol. The minimum absolute atomic E-state index is 0.0517. The Morgan fingerprint density at radius 1 is 1.11 bits per heavy atom. The Labute approximate surface area is 161 Å². The van der Waals surface area contributed by atoms with Crippen LogP contribution in [0.3, 0.4) is 0 Å². The third-order valence-electron chi connectivity index (χ3n) is 4.58. The molecule has 0 fully saturated rings. The van der Waals surface area contributed by atoms with Crippen LogP contribution in [0.5, 0.6) is 0 Å². The lowest BCUT2D eigenvalue weighted by Crippen LogP contribution is -2.43. The molecular weight excluding hydrogens is 362 g/mol. The molecule has 1 aliphatic heterocycles. The van der Waals surface area contributed by atoms with E-state index in [0.717, 1.165) is 23.0 Å². The Hall–Kier alpha value is -3.55. The summed E-state index contributed by atoms with van der Waals surface area (Å²) in [6.45, 7) is 1.43. The molecule has 0 radical (unpaired) electrons. The number of nitrogens with zero attached hydrogens (tertiary/aromatic N) is 2. The predicted octanol–water partition coefficient (Wildman–Crippen LogP) is 2.33. The lowest BCUT2D eigenvalue weighted by atomic mass is 10.1. The van der Waals surface area contributed by atoms with Crippen molar-refractivity contribution in [1.82, 2.24) is 10.2 Å². The molecule has 2 aromatic rings. The summed E-state index contributed by atoms with van der Waals surface area (Å²) >= 11 is 0.